The smallest absolute Gasteiger partial charge is 0.223 e. The van der Waals surface area contributed by atoms with Crippen LogP contribution in [0.1, 0.15) is 11.3 Å². The third-order valence-electron chi connectivity index (χ3n) is 5.31. The Labute approximate surface area is 213 Å². The number of sulfone groups is 1. The second kappa shape index (κ2) is 9.25. The Kier molecular flexibility index (Phi) is 6.10. The average Bonchev–Trinajstić information content (AvgIpc) is 3.27. The lowest BCUT2D eigenvalue weighted by Crippen LogP contribution is -2.12. The van der Waals surface area contributed by atoms with Gasteiger partial charge in [-0.15, -0.1) is 5.10 Å². The molecule has 0 atom stereocenters. The summed E-state index contributed by atoms with van der Waals surface area (Å²) in [5.74, 6) is -1.56. The quantitative estimate of drug-likeness (QED) is 0.315. The highest BCUT2D eigenvalue weighted by Gasteiger charge is 2.23. The van der Waals surface area contributed by atoms with Crippen LogP contribution in [0.2, 0.25) is 0 Å². The molecule has 0 radical (unpaired) electrons. The van der Waals surface area contributed by atoms with Crippen molar-refractivity contribution in [2.75, 3.05) is 0 Å². The summed E-state index contributed by atoms with van der Waals surface area (Å²) in [6.07, 6.45) is 1.31. The molecule has 180 valence electrons. The van der Waals surface area contributed by atoms with Crippen LogP contribution in [0.5, 0.6) is 0 Å². The van der Waals surface area contributed by atoms with Crippen molar-refractivity contribution in [3.8, 4) is 5.69 Å². The summed E-state index contributed by atoms with van der Waals surface area (Å²) in [6.45, 7) is 0. The molecule has 11 heteroatoms. The molecule has 0 fully saturated rings. The highest BCUT2D eigenvalue weighted by molar-refractivity contribution is 9.10. The van der Waals surface area contributed by atoms with Crippen molar-refractivity contribution >= 4 is 48.6 Å². The predicted molar refractivity (Wildman–Crippen MR) is 135 cm³/mol. The molecule has 36 heavy (non-hydrogen) atoms. The van der Waals surface area contributed by atoms with Gasteiger partial charge in [0.2, 0.25) is 9.84 Å². The Bertz CT molecular complexity index is 1730. The summed E-state index contributed by atoms with van der Waals surface area (Å²) in [5, 5.41) is 8.05. The fraction of sp³-hybridized carbons (Fsp3) is 0. The van der Waals surface area contributed by atoms with Gasteiger partial charge >= 0.3 is 0 Å². The van der Waals surface area contributed by atoms with Gasteiger partial charge in [-0.25, -0.2) is 26.9 Å². The molecule has 2 heterocycles. The van der Waals surface area contributed by atoms with E-state index in [-0.39, 0.29) is 26.9 Å². The normalized spacial score (nSPS) is 12.2. The minimum absolute atomic E-state index is 0.0255. The maximum atomic E-state index is 13.8. The van der Waals surface area contributed by atoms with Crippen LogP contribution in [0.3, 0.4) is 0 Å². The number of hydrogen-bond donors (Lipinski definition) is 1. The van der Waals surface area contributed by atoms with Crippen LogP contribution >= 0.6 is 15.9 Å². The van der Waals surface area contributed by atoms with Crippen molar-refractivity contribution in [2.45, 2.75) is 9.92 Å². The van der Waals surface area contributed by atoms with E-state index in [4.69, 9.17) is 5.73 Å². The highest BCUT2D eigenvalue weighted by atomic mass is 79.9. The second-order valence-electron chi connectivity index (χ2n) is 7.77. The van der Waals surface area contributed by atoms with Gasteiger partial charge in [-0.2, -0.15) is 0 Å². The number of pyridine rings is 1. The van der Waals surface area contributed by atoms with Crippen LogP contribution < -0.4 is 5.73 Å². The first-order valence-corrected chi connectivity index (χ1v) is 12.8. The largest absolute Gasteiger partial charge is 0.397 e. The zero-order valence-corrected chi connectivity index (χ0v) is 20.7. The first-order valence-electron chi connectivity index (χ1n) is 10.5. The number of hydrogen-bond acceptors (Lipinski definition) is 6. The van der Waals surface area contributed by atoms with Gasteiger partial charge in [-0.05, 0) is 72.3 Å². The van der Waals surface area contributed by atoms with Crippen molar-refractivity contribution in [3.05, 3.63) is 106 Å². The molecule has 3 aromatic carbocycles. The monoisotopic (exact) mass is 567 g/mol. The standard InChI is InChI=1S/C25H16BrF2N5O2S/c26-16-5-7-19(8-6-16)36(34,35)24-10-9-23(33-22-4-2-1-3-21(22)31-32-33)25(30-24)20(29)13-15-11-17(27)14-18(28)12-15/h1-14H,29H2/b20-13-. The average molecular weight is 568 g/mol. The fourth-order valence-electron chi connectivity index (χ4n) is 3.65. The van der Waals surface area contributed by atoms with Crippen molar-refractivity contribution < 1.29 is 17.2 Å². The van der Waals surface area contributed by atoms with Gasteiger partial charge < -0.3 is 5.73 Å². The zero-order valence-electron chi connectivity index (χ0n) is 18.3. The molecule has 2 N–H and O–H groups in total. The van der Waals surface area contributed by atoms with Gasteiger partial charge in [0.05, 0.1) is 21.8 Å². The molecule has 0 bridgehead atoms. The van der Waals surface area contributed by atoms with Crippen molar-refractivity contribution in [1.29, 1.82) is 0 Å². The van der Waals surface area contributed by atoms with E-state index in [0.717, 1.165) is 22.7 Å². The zero-order chi connectivity index (χ0) is 25.4. The third-order valence-corrected chi connectivity index (χ3v) is 7.51. The molecule has 5 rings (SSSR count). The van der Waals surface area contributed by atoms with E-state index in [1.54, 1.807) is 36.4 Å². The Balaban J connectivity index is 1.72. The second-order valence-corrected chi connectivity index (χ2v) is 10.6. The molecule has 0 aliphatic rings. The predicted octanol–water partition coefficient (Wildman–Crippen LogP) is 5.15. The van der Waals surface area contributed by atoms with E-state index in [0.29, 0.717) is 16.7 Å². The first kappa shape index (κ1) is 23.8. The van der Waals surface area contributed by atoms with E-state index >= 15 is 0 Å². The molecule has 0 spiro atoms. The molecule has 5 aromatic rings. The minimum Gasteiger partial charge on any atom is -0.397 e. The Morgan fingerprint density at radius 2 is 1.64 bits per heavy atom. The molecule has 0 unspecified atom stereocenters. The van der Waals surface area contributed by atoms with Crippen molar-refractivity contribution in [3.63, 3.8) is 0 Å². The van der Waals surface area contributed by atoms with Crippen LogP contribution in [0, 0.1) is 11.6 Å². The number of para-hydroxylation sites is 1. The van der Waals surface area contributed by atoms with Gasteiger partial charge in [0.25, 0.3) is 0 Å². The number of aromatic nitrogens is 4. The van der Waals surface area contributed by atoms with Crippen LogP contribution in [0.4, 0.5) is 8.78 Å². The first-order chi connectivity index (χ1) is 17.2. The Morgan fingerprint density at radius 1 is 0.944 bits per heavy atom. The summed E-state index contributed by atoms with van der Waals surface area (Å²) >= 11 is 3.29. The molecule has 0 saturated heterocycles. The summed E-state index contributed by atoms with van der Waals surface area (Å²) in [5.41, 5.74) is 8.08. The van der Waals surface area contributed by atoms with E-state index in [1.807, 2.05) is 0 Å². The summed E-state index contributed by atoms with van der Waals surface area (Å²) < 4.78 is 56.3. The van der Waals surface area contributed by atoms with E-state index in [1.165, 1.54) is 35.0 Å². The molecular weight excluding hydrogens is 552 g/mol. The molecule has 0 saturated carbocycles. The van der Waals surface area contributed by atoms with Crippen LogP contribution in [-0.2, 0) is 9.84 Å². The van der Waals surface area contributed by atoms with E-state index in [2.05, 4.69) is 31.2 Å². The van der Waals surface area contributed by atoms with Crippen LogP contribution in [0.15, 0.2) is 93.3 Å². The van der Waals surface area contributed by atoms with Gasteiger partial charge in [-0.1, -0.05) is 33.3 Å². The fourth-order valence-corrected chi connectivity index (χ4v) is 5.11. The molecular formula is C25H16BrF2N5O2S. The van der Waals surface area contributed by atoms with Crippen molar-refractivity contribution in [1.82, 2.24) is 20.0 Å². The van der Waals surface area contributed by atoms with Gasteiger partial charge in [-0.3, -0.25) is 0 Å². The van der Waals surface area contributed by atoms with Gasteiger partial charge in [0, 0.05) is 10.5 Å². The van der Waals surface area contributed by atoms with Crippen molar-refractivity contribution in [2.24, 2.45) is 5.73 Å². The van der Waals surface area contributed by atoms with Crippen LogP contribution in [-0.4, -0.2) is 28.4 Å². The SMILES string of the molecule is N/C(=C\c1cc(F)cc(F)c1)c1nc(S(=O)(=O)c2ccc(Br)cc2)ccc1-n1nnc2ccccc21. The lowest BCUT2D eigenvalue weighted by molar-refractivity contribution is 0.582. The topological polar surface area (TPSA) is 104 Å². The summed E-state index contributed by atoms with van der Waals surface area (Å²) in [7, 11) is -4.01. The molecule has 0 aliphatic carbocycles. The molecule has 0 amide bonds. The van der Waals surface area contributed by atoms with Crippen LogP contribution in [0.25, 0.3) is 28.5 Å². The summed E-state index contributed by atoms with van der Waals surface area (Å²) in [4.78, 5) is 4.42. The highest BCUT2D eigenvalue weighted by Crippen LogP contribution is 2.28. The maximum absolute atomic E-state index is 13.8. The third kappa shape index (κ3) is 4.50. The number of rotatable bonds is 5. The van der Waals surface area contributed by atoms with Gasteiger partial charge in [0.15, 0.2) is 5.03 Å². The minimum atomic E-state index is -4.01. The number of nitrogens with zero attached hydrogens (tertiary/aromatic N) is 4. The van der Waals surface area contributed by atoms with E-state index < -0.39 is 21.5 Å². The van der Waals surface area contributed by atoms with E-state index in [9.17, 15) is 17.2 Å². The maximum Gasteiger partial charge on any atom is 0.223 e. The van der Waals surface area contributed by atoms with Gasteiger partial charge in [0.1, 0.15) is 22.8 Å². The molecule has 0 aliphatic heterocycles. The number of benzene rings is 3. The number of fused-ring (bicyclic) bond motifs is 1. The molecule has 2 aromatic heterocycles. The Morgan fingerprint density at radius 3 is 2.36 bits per heavy atom. The lowest BCUT2D eigenvalue weighted by Gasteiger charge is -2.13. The number of halogens is 3. The Hall–Kier alpha value is -3.96. The lowest BCUT2D eigenvalue weighted by atomic mass is 10.1. The number of nitrogens with two attached hydrogens (primary N) is 1. The summed E-state index contributed by atoms with van der Waals surface area (Å²) in [6, 6.07) is 19.1. The molecule has 7 nitrogen and oxygen atoms in total.